The zero-order valence-corrected chi connectivity index (χ0v) is 17.7. The number of halogens is 1. The molecule has 0 aliphatic heterocycles. The van der Waals surface area contributed by atoms with Gasteiger partial charge in [-0.3, -0.25) is 4.79 Å². The highest BCUT2D eigenvalue weighted by Crippen LogP contribution is 2.28. The lowest BCUT2D eigenvalue weighted by Gasteiger charge is -2.13. The van der Waals surface area contributed by atoms with Crippen LogP contribution in [0.5, 0.6) is 0 Å². The Bertz CT molecular complexity index is 1110. The number of nitrogens with zero attached hydrogens (tertiary/aromatic N) is 4. The van der Waals surface area contributed by atoms with Gasteiger partial charge in [0.15, 0.2) is 5.16 Å². The van der Waals surface area contributed by atoms with Crippen LogP contribution in [0.1, 0.15) is 28.1 Å². The summed E-state index contributed by atoms with van der Waals surface area (Å²) in [5.41, 5.74) is 9.35. The summed E-state index contributed by atoms with van der Waals surface area (Å²) in [7, 11) is 0. The zero-order chi connectivity index (χ0) is 21.8. The van der Waals surface area contributed by atoms with Crippen LogP contribution in [0.15, 0.2) is 35.5 Å². The minimum absolute atomic E-state index is 0.0631. The van der Waals surface area contributed by atoms with Crippen molar-refractivity contribution in [3.05, 3.63) is 64.2 Å². The molecular weight excluding hydrogens is 403 g/mol. The lowest BCUT2D eigenvalue weighted by molar-refractivity contribution is -0.113. The van der Waals surface area contributed by atoms with Gasteiger partial charge in [-0.2, -0.15) is 5.26 Å². The van der Waals surface area contributed by atoms with Crippen LogP contribution in [0.25, 0.3) is 0 Å². The van der Waals surface area contributed by atoms with Gasteiger partial charge in [-0.05, 0) is 44.0 Å². The van der Waals surface area contributed by atoms with Crippen LogP contribution in [0.2, 0.25) is 0 Å². The number of benzene rings is 1. The standard InChI is InChI=1S/C21H21FN6OS/c1-12-8-18(24)26-21(25-12)30-11-19(29)27-20-17(9-23)13(2)14(3)28(20)10-15-4-6-16(22)7-5-15/h4-8H,10-11H2,1-3H3,(H,27,29)(H2,24,25,26). The first-order valence-corrected chi connectivity index (χ1v) is 10.1. The summed E-state index contributed by atoms with van der Waals surface area (Å²) < 4.78 is 15.1. The lowest BCUT2D eigenvalue weighted by atomic mass is 10.2. The van der Waals surface area contributed by atoms with Gasteiger partial charge in [0.05, 0.1) is 11.3 Å². The van der Waals surface area contributed by atoms with E-state index in [-0.39, 0.29) is 17.5 Å². The number of anilines is 2. The second-order valence-corrected chi connectivity index (χ2v) is 7.75. The van der Waals surface area contributed by atoms with Gasteiger partial charge in [0.1, 0.15) is 23.5 Å². The fourth-order valence-corrected chi connectivity index (χ4v) is 3.74. The van der Waals surface area contributed by atoms with Crippen molar-refractivity contribution in [2.45, 2.75) is 32.5 Å². The fraction of sp³-hybridized carbons (Fsp3) is 0.238. The second-order valence-electron chi connectivity index (χ2n) is 6.81. The molecule has 0 spiro atoms. The van der Waals surface area contributed by atoms with E-state index in [1.165, 1.54) is 12.1 Å². The summed E-state index contributed by atoms with van der Waals surface area (Å²) in [5.74, 6) is 0.219. The van der Waals surface area contributed by atoms with Gasteiger partial charge in [0.2, 0.25) is 5.91 Å². The highest BCUT2D eigenvalue weighted by Gasteiger charge is 2.20. The summed E-state index contributed by atoms with van der Waals surface area (Å²) in [6.07, 6.45) is 0. The van der Waals surface area contributed by atoms with Crippen molar-refractivity contribution in [2.24, 2.45) is 0 Å². The van der Waals surface area contributed by atoms with Crippen molar-refractivity contribution in [2.75, 3.05) is 16.8 Å². The molecule has 30 heavy (non-hydrogen) atoms. The summed E-state index contributed by atoms with van der Waals surface area (Å²) in [6, 6.07) is 9.94. The van der Waals surface area contributed by atoms with Gasteiger partial charge in [0, 0.05) is 24.0 Å². The molecule has 0 saturated carbocycles. The Morgan fingerprint density at radius 3 is 2.60 bits per heavy atom. The third kappa shape index (κ3) is 4.78. The predicted octanol–water partition coefficient (Wildman–Crippen LogP) is 3.58. The van der Waals surface area contributed by atoms with Crippen LogP contribution in [-0.2, 0) is 11.3 Å². The van der Waals surface area contributed by atoms with Gasteiger partial charge < -0.3 is 15.6 Å². The first-order valence-electron chi connectivity index (χ1n) is 9.16. The number of nitrogens with two attached hydrogens (primary N) is 1. The quantitative estimate of drug-likeness (QED) is 0.462. The summed E-state index contributed by atoms with van der Waals surface area (Å²) in [6.45, 7) is 5.92. The largest absolute Gasteiger partial charge is 0.384 e. The number of carbonyl (C=O) groups excluding carboxylic acids is 1. The highest BCUT2D eigenvalue weighted by atomic mass is 32.2. The zero-order valence-electron chi connectivity index (χ0n) is 16.9. The molecule has 0 aliphatic rings. The number of hydrogen-bond donors (Lipinski definition) is 2. The van der Waals surface area contributed by atoms with E-state index < -0.39 is 0 Å². The Morgan fingerprint density at radius 2 is 1.97 bits per heavy atom. The Labute approximate surface area is 178 Å². The van der Waals surface area contributed by atoms with E-state index in [1.807, 2.05) is 18.4 Å². The average Bonchev–Trinajstić information content (AvgIpc) is 2.91. The molecule has 154 valence electrons. The number of nitriles is 1. The summed E-state index contributed by atoms with van der Waals surface area (Å²) in [5, 5.41) is 12.9. The number of nitrogens with one attached hydrogen (secondary N) is 1. The molecule has 3 N–H and O–H groups in total. The van der Waals surface area contributed by atoms with E-state index in [0.717, 1.165) is 34.3 Å². The molecule has 3 aromatic rings. The van der Waals surface area contributed by atoms with Crippen molar-refractivity contribution in [1.82, 2.24) is 14.5 Å². The molecule has 7 nitrogen and oxygen atoms in total. The molecule has 3 rings (SSSR count). The number of aryl methyl sites for hydroxylation is 1. The Kier molecular flexibility index (Phi) is 6.37. The number of amides is 1. The smallest absolute Gasteiger partial charge is 0.235 e. The van der Waals surface area contributed by atoms with Gasteiger partial charge in [-0.15, -0.1) is 0 Å². The molecule has 0 atom stereocenters. The van der Waals surface area contributed by atoms with Crippen LogP contribution in [0, 0.1) is 37.9 Å². The number of carbonyl (C=O) groups is 1. The third-order valence-corrected chi connectivity index (χ3v) is 5.49. The number of thioether (sulfide) groups is 1. The van der Waals surface area contributed by atoms with E-state index in [4.69, 9.17) is 5.73 Å². The van der Waals surface area contributed by atoms with E-state index in [1.54, 1.807) is 25.1 Å². The normalized spacial score (nSPS) is 10.6. The molecular formula is C21H21FN6OS. The van der Waals surface area contributed by atoms with Crippen LogP contribution in [0.3, 0.4) is 0 Å². The molecule has 9 heteroatoms. The minimum Gasteiger partial charge on any atom is -0.384 e. The minimum atomic E-state index is -0.318. The van der Waals surface area contributed by atoms with Gasteiger partial charge in [-0.25, -0.2) is 14.4 Å². The monoisotopic (exact) mass is 424 g/mol. The highest BCUT2D eigenvalue weighted by molar-refractivity contribution is 7.99. The maximum Gasteiger partial charge on any atom is 0.235 e. The molecule has 2 aromatic heterocycles. The number of rotatable bonds is 6. The predicted molar refractivity (Wildman–Crippen MR) is 115 cm³/mol. The maximum absolute atomic E-state index is 13.2. The topological polar surface area (TPSA) is 110 Å². The number of nitrogen functional groups attached to an aromatic ring is 1. The molecule has 2 heterocycles. The third-order valence-electron chi connectivity index (χ3n) is 4.64. The van der Waals surface area contributed by atoms with Gasteiger partial charge >= 0.3 is 0 Å². The van der Waals surface area contributed by atoms with Crippen molar-refractivity contribution in [3.63, 3.8) is 0 Å². The van der Waals surface area contributed by atoms with Crippen LogP contribution >= 0.6 is 11.8 Å². The van der Waals surface area contributed by atoms with Crippen molar-refractivity contribution in [1.29, 1.82) is 5.26 Å². The molecule has 0 bridgehead atoms. The molecule has 0 fully saturated rings. The second kappa shape index (κ2) is 8.97. The first-order chi connectivity index (χ1) is 14.3. The van der Waals surface area contributed by atoms with Crippen molar-refractivity contribution in [3.8, 4) is 6.07 Å². The van der Waals surface area contributed by atoms with E-state index in [9.17, 15) is 14.4 Å². The molecule has 0 radical (unpaired) electrons. The Hall–Kier alpha value is -3.38. The van der Waals surface area contributed by atoms with E-state index >= 15 is 0 Å². The Balaban J connectivity index is 1.81. The van der Waals surface area contributed by atoms with Gasteiger partial charge in [0.25, 0.3) is 0 Å². The molecule has 0 unspecified atom stereocenters. The van der Waals surface area contributed by atoms with Crippen LogP contribution in [-0.4, -0.2) is 26.2 Å². The number of hydrogen-bond acceptors (Lipinski definition) is 6. The summed E-state index contributed by atoms with van der Waals surface area (Å²) >= 11 is 1.16. The average molecular weight is 425 g/mol. The molecule has 1 amide bonds. The van der Waals surface area contributed by atoms with E-state index in [2.05, 4.69) is 21.4 Å². The first kappa shape index (κ1) is 21.3. The molecule has 1 aromatic carbocycles. The van der Waals surface area contributed by atoms with Gasteiger partial charge in [-0.1, -0.05) is 23.9 Å². The van der Waals surface area contributed by atoms with Crippen LogP contribution < -0.4 is 11.1 Å². The maximum atomic E-state index is 13.2. The van der Waals surface area contributed by atoms with Crippen LogP contribution in [0.4, 0.5) is 16.0 Å². The van der Waals surface area contributed by atoms with E-state index in [0.29, 0.717) is 28.9 Å². The SMILES string of the molecule is Cc1cc(N)nc(SCC(=O)Nc2c(C#N)c(C)c(C)n2Cc2ccc(F)cc2)n1. The molecule has 0 aliphatic carbocycles. The summed E-state index contributed by atoms with van der Waals surface area (Å²) in [4.78, 5) is 21.0. The fourth-order valence-electron chi connectivity index (χ4n) is 3.03. The number of aromatic nitrogens is 3. The molecule has 0 saturated heterocycles. The lowest BCUT2D eigenvalue weighted by Crippen LogP contribution is -2.19. The Morgan fingerprint density at radius 1 is 1.27 bits per heavy atom. The van der Waals surface area contributed by atoms with Crippen molar-refractivity contribution >= 4 is 29.3 Å². The van der Waals surface area contributed by atoms with Crippen molar-refractivity contribution < 1.29 is 9.18 Å².